The van der Waals surface area contributed by atoms with Crippen LogP contribution in [0.1, 0.15) is 0 Å². The average molecular weight is 345 g/mol. The van der Waals surface area contributed by atoms with E-state index in [1.54, 1.807) is 0 Å². The molecule has 0 radical (unpaired) electrons. The third-order valence-electron chi connectivity index (χ3n) is 0. The molecule has 0 saturated carbocycles. The Kier molecular flexibility index (Phi) is 149. The minimum absolute atomic E-state index is 0. The Hall–Kier alpha value is 2.74. The van der Waals surface area contributed by atoms with Crippen molar-refractivity contribution in [3.63, 3.8) is 0 Å². The van der Waals surface area contributed by atoms with E-state index in [1.165, 1.54) is 8.50 Å². The summed E-state index contributed by atoms with van der Waals surface area (Å²) in [4.78, 5) is 0. The van der Waals surface area contributed by atoms with E-state index in [1.807, 2.05) is 18.5 Å². The van der Waals surface area contributed by atoms with Gasteiger partial charge < -0.3 is 0 Å². The van der Waals surface area contributed by atoms with Crippen LogP contribution in [0.4, 0.5) is 0 Å². The van der Waals surface area contributed by atoms with Gasteiger partial charge in [0.05, 0.1) is 0 Å². The summed E-state index contributed by atoms with van der Waals surface area (Å²) < 4.78 is 16.6. The molecule has 2 nitrogen and oxygen atoms in total. The molecule has 0 aromatic rings. The van der Waals surface area contributed by atoms with E-state index in [-0.39, 0.29) is 21.1 Å². The summed E-state index contributed by atoms with van der Waals surface area (Å²) in [6, 6.07) is 0. The molecule has 0 fully saturated rings. The van der Waals surface area contributed by atoms with Crippen molar-refractivity contribution in [3.05, 3.63) is 0 Å². The number of thiol groups is 1. The molecule has 0 aliphatic carbocycles. The quantitative estimate of drug-likeness (QED) is 0.365. The summed E-state index contributed by atoms with van der Waals surface area (Å²) in [6.45, 7) is 0. The first-order chi connectivity index (χ1) is 3.41. The molecule has 0 aromatic heterocycles. The van der Waals surface area contributed by atoms with E-state index in [4.69, 9.17) is 7.61 Å². The first kappa shape index (κ1) is 22.4. The molecule has 45 valence electrons. The van der Waals surface area contributed by atoms with Gasteiger partial charge >= 0.3 is 78.8 Å². The van der Waals surface area contributed by atoms with Gasteiger partial charge in [-0.25, -0.2) is 0 Å². The SMILES string of the molecule is S[S][Mo].[Mo].[O]=[AlH].[O]=[AlH]. The Morgan fingerprint density at radius 3 is 1.25 bits per heavy atom. The van der Waals surface area contributed by atoms with E-state index < -0.39 is 0 Å². The fourth-order valence-corrected chi connectivity index (χ4v) is 0. The van der Waals surface area contributed by atoms with E-state index >= 15 is 0 Å². The third-order valence-corrected chi connectivity index (χ3v) is 0. The molecule has 0 amide bonds. The van der Waals surface area contributed by atoms with Gasteiger partial charge in [-0.15, -0.1) is 0 Å². The number of rotatable bonds is 0. The number of hydrogen-bond donors (Lipinski definition) is 1. The molecular formula is H3Al2Mo2O2S2. The zero-order valence-corrected chi connectivity index (χ0v) is 12.5. The summed E-state index contributed by atoms with van der Waals surface area (Å²) in [5, 5.41) is 0. The van der Waals surface area contributed by atoms with Crippen LogP contribution >= 0.6 is 20.2 Å². The molecule has 0 rings (SSSR count). The Morgan fingerprint density at radius 2 is 1.25 bits per heavy atom. The Bertz CT molecular complexity index is 23.5. The molecule has 0 N–H and O–H groups in total. The van der Waals surface area contributed by atoms with Crippen molar-refractivity contribution in [3.8, 4) is 0 Å². The normalized spacial score (nSPS) is 2.88. The van der Waals surface area contributed by atoms with E-state index in [0.717, 1.165) is 0 Å². The summed E-state index contributed by atoms with van der Waals surface area (Å²) >= 11 is 6.78. The van der Waals surface area contributed by atoms with Gasteiger partial charge in [0.25, 0.3) is 0 Å². The second-order valence-electron chi connectivity index (χ2n) is 0.0745. The van der Waals surface area contributed by atoms with Crippen molar-refractivity contribution in [2.75, 3.05) is 0 Å². The van der Waals surface area contributed by atoms with Gasteiger partial charge in [0.15, 0.2) is 0 Å². The van der Waals surface area contributed by atoms with Crippen molar-refractivity contribution >= 4 is 52.6 Å². The molecule has 0 aromatic carbocycles. The van der Waals surface area contributed by atoms with Gasteiger partial charge in [-0.2, -0.15) is 0 Å². The monoisotopic (exact) mass is 349 g/mol. The van der Waals surface area contributed by atoms with Crippen LogP contribution in [0.3, 0.4) is 0 Å². The maximum atomic E-state index is 8.28. The average Bonchev–Trinajstić information content (AvgIpc) is 1.78. The first-order valence-corrected chi connectivity index (χ1v) is 6.33. The summed E-state index contributed by atoms with van der Waals surface area (Å²) in [5.41, 5.74) is 0. The van der Waals surface area contributed by atoms with Gasteiger partial charge in [-0.1, -0.05) is 0 Å². The molecule has 0 atom stereocenters. The molecule has 0 aliphatic rings. The molecule has 0 bridgehead atoms. The molecule has 0 unspecified atom stereocenters. The maximum absolute atomic E-state index is 8.28. The predicted molar refractivity (Wildman–Crippen MR) is 32.2 cm³/mol. The van der Waals surface area contributed by atoms with E-state index in [2.05, 4.69) is 11.7 Å². The van der Waals surface area contributed by atoms with Crippen LogP contribution in [0.2, 0.25) is 0 Å². The van der Waals surface area contributed by atoms with Gasteiger partial charge in [0.2, 0.25) is 0 Å². The van der Waals surface area contributed by atoms with Gasteiger partial charge in [-0.3, -0.25) is 0 Å². The fraction of sp³-hybridized carbons (Fsp3) is 0. The zero-order chi connectivity index (χ0) is 6.71. The molecular weight excluding hydrogens is 342 g/mol. The van der Waals surface area contributed by atoms with E-state index in [9.17, 15) is 0 Å². The first-order valence-electron chi connectivity index (χ1n) is 0.927. The Morgan fingerprint density at radius 1 is 1.25 bits per heavy atom. The van der Waals surface area contributed by atoms with Crippen molar-refractivity contribution in [1.29, 1.82) is 0 Å². The third kappa shape index (κ3) is 69.7. The van der Waals surface area contributed by atoms with Crippen LogP contribution in [0.5, 0.6) is 0 Å². The van der Waals surface area contributed by atoms with Crippen LogP contribution in [-0.2, 0) is 47.2 Å². The summed E-state index contributed by atoms with van der Waals surface area (Å²) in [7, 11) is 1.45. The molecule has 8 heteroatoms. The van der Waals surface area contributed by atoms with Crippen LogP contribution in [0, 0.1) is 0 Å². The zero-order valence-electron chi connectivity index (χ0n) is 3.90. The second-order valence-corrected chi connectivity index (χ2v) is 3.97. The summed E-state index contributed by atoms with van der Waals surface area (Å²) in [5.74, 6) is 0. The minimum atomic E-state index is 0. The predicted octanol–water partition coefficient (Wildman–Crippen LogP) is -0.511. The van der Waals surface area contributed by atoms with Crippen molar-refractivity contribution in [1.82, 2.24) is 0 Å². The molecule has 0 aliphatic heterocycles. The van der Waals surface area contributed by atoms with Gasteiger partial charge in [0, 0.05) is 21.1 Å². The Labute approximate surface area is 98.3 Å². The van der Waals surface area contributed by atoms with Crippen molar-refractivity contribution in [2.45, 2.75) is 0 Å². The van der Waals surface area contributed by atoms with Gasteiger partial charge in [0.1, 0.15) is 0 Å². The topological polar surface area (TPSA) is 34.1 Å². The van der Waals surface area contributed by atoms with Gasteiger partial charge in [-0.05, 0) is 0 Å². The van der Waals surface area contributed by atoms with Crippen LogP contribution in [0.15, 0.2) is 0 Å². The molecule has 0 spiro atoms. The van der Waals surface area contributed by atoms with Crippen LogP contribution < -0.4 is 0 Å². The Balaban J connectivity index is -0.0000000147. The van der Waals surface area contributed by atoms with E-state index in [0.29, 0.717) is 32.4 Å². The van der Waals surface area contributed by atoms with Crippen LogP contribution in [0.25, 0.3) is 0 Å². The van der Waals surface area contributed by atoms with Crippen molar-refractivity contribution < 1.29 is 47.2 Å². The second kappa shape index (κ2) is 53.2. The fourth-order valence-electron chi connectivity index (χ4n) is 0. The van der Waals surface area contributed by atoms with Crippen molar-refractivity contribution in [2.24, 2.45) is 0 Å². The van der Waals surface area contributed by atoms with Crippen LogP contribution in [-0.4, -0.2) is 32.4 Å². The number of hydrogen-bond acceptors (Lipinski definition) is 4. The molecule has 0 heterocycles. The standard InChI is InChI=1S/2Al.2Mo.2O.H2S2.2H/c;;;;;;1-2;;/h;;;;;;1-2H;;/q;;;+1;;;;;/p-1. The molecule has 8 heavy (non-hydrogen) atoms. The summed E-state index contributed by atoms with van der Waals surface area (Å²) in [6.07, 6.45) is 0. The molecule has 0 saturated heterocycles.